The highest BCUT2D eigenvalue weighted by Gasteiger charge is 2.21. The Morgan fingerprint density at radius 3 is 1.61 bits per heavy atom. The first-order chi connectivity index (χ1) is 19.9. The quantitative estimate of drug-likeness (QED) is 0.203. The molecule has 0 heterocycles. The van der Waals surface area contributed by atoms with Crippen molar-refractivity contribution >= 4 is 16.5 Å². The standard InChI is InChI=1S/C13H12.C12H3N5.C11H10/c1-11-7-9-13(10-8-11)12-5-3-2-4-6-12;1-7-8(3-13)9(4-14)10(5-15)11(6-16)12(7)17-2;1-9-5-4-7-10-6-2-3-8-11(9)10/h2-10H,1H3;1H3;2-8H,1H3. The van der Waals surface area contributed by atoms with Gasteiger partial charge in [0.15, 0.2) is 0 Å². The van der Waals surface area contributed by atoms with E-state index in [4.69, 9.17) is 27.6 Å². The lowest BCUT2D eigenvalue weighted by Gasteiger charge is -2.07. The minimum absolute atomic E-state index is 0.0194. The predicted octanol–water partition coefficient (Wildman–Crippen LogP) is 8.84. The van der Waals surface area contributed by atoms with E-state index in [1.807, 2.05) is 6.07 Å². The number of nitrogens with zero attached hydrogens (tertiary/aromatic N) is 5. The highest BCUT2D eigenvalue weighted by molar-refractivity contribution is 5.85. The topological polar surface area (TPSA) is 99.5 Å². The molecule has 0 saturated carbocycles. The highest BCUT2D eigenvalue weighted by Crippen LogP contribution is 2.32. The monoisotopic (exact) mass is 527 g/mol. The molecule has 0 unspecified atom stereocenters. The van der Waals surface area contributed by atoms with Gasteiger partial charge in [-0.15, -0.1) is 0 Å². The Kier molecular flexibility index (Phi) is 10.1. The fourth-order valence-corrected chi connectivity index (χ4v) is 4.24. The molecule has 5 heteroatoms. The van der Waals surface area contributed by atoms with Gasteiger partial charge in [-0.3, -0.25) is 0 Å². The van der Waals surface area contributed by atoms with E-state index < -0.39 is 0 Å². The molecule has 0 fully saturated rings. The van der Waals surface area contributed by atoms with Gasteiger partial charge in [-0.1, -0.05) is 103 Å². The zero-order valence-electron chi connectivity index (χ0n) is 23.0. The number of aryl methyl sites for hydroxylation is 2. The first-order valence-corrected chi connectivity index (χ1v) is 12.6. The average Bonchev–Trinajstić information content (AvgIpc) is 3.02. The molecule has 5 aromatic rings. The predicted molar refractivity (Wildman–Crippen MR) is 162 cm³/mol. The summed E-state index contributed by atoms with van der Waals surface area (Å²) in [5, 5.41) is 38.4. The third kappa shape index (κ3) is 6.82. The molecule has 0 aliphatic rings. The van der Waals surface area contributed by atoms with Crippen LogP contribution in [0.1, 0.15) is 38.9 Å². The second kappa shape index (κ2) is 14.1. The van der Waals surface area contributed by atoms with E-state index in [2.05, 4.69) is 110 Å². The molecule has 0 amide bonds. The second-order valence-corrected chi connectivity index (χ2v) is 9.06. The van der Waals surface area contributed by atoms with E-state index in [9.17, 15) is 0 Å². The Labute approximate surface area is 240 Å². The number of rotatable bonds is 1. The van der Waals surface area contributed by atoms with Crippen LogP contribution in [0.25, 0.3) is 26.7 Å². The van der Waals surface area contributed by atoms with Crippen molar-refractivity contribution in [1.82, 2.24) is 0 Å². The maximum atomic E-state index is 8.94. The van der Waals surface area contributed by atoms with Crippen molar-refractivity contribution in [2.45, 2.75) is 20.8 Å². The fraction of sp³-hybridized carbons (Fsp3) is 0.0833. The molecule has 5 rings (SSSR count). The molecule has 5 nitrogen and oxygen atoms in total. The SMILES string of the molecule is Cc1ccc(-c2ccccc2)cc1.Cc1cccc2ccccc12.[C-]#[N+]c1c(C)c(C#N)c(C#N)c(C#N)c1C#N. The van der Waals surface area contributed by atoms with Crippen molar-refractivity contribution in [3.63, 3.8) is 0 Å². The van der Waals surface area contributed by atoms with Crippen LogP contribution in [-0.4, -0.2) is 0 Å². The van der Waals surface area contributed by atoms with Crippen LogP contribution in [0.4, 0.5) is 5.69 Å². The fourth-order valence-electron chi connectivity index (χ4n) is 4.24. The van der Waals surface area contributed by atoms with Crippen LogP contribution in [-0.2, 0) is 0 Å². The summed E-state index contributed by atoms with van der Waals surface area (Å²) in [5.41, 5.74) is 4.93. The lowest BCUT2D eigenvalue weighted by Crippen LogP contribution is -1.98. The number of benzene rings is 5. The largest absolute Gasteiger partial charge is 0.236 e. The van der Waals surface area contributed by atoms with Crippen molar-refractivity contribution in [1.29, 1.82) is 21.0 Å². The first-order valence-electron chi connectivity index (χ1n) is 12.6. The molecule has 41 heavy (non-hydrogen) atoms. The zero-order chi connectivity index (χ0) is 29.8. The molecule has 0 N–H and O–H groups in total. The van der Waals surface area contributed by atoms with Gasteiger partial charge in [0.2, 0.25) is 5.69 Å². The molecule has 0 spiro atoms. The molecule has 0 saturated heterocycles. The molecule has 0 aliphatic carbocycles. The molecule has 0 atom stereocenters. The van der Waals surface area contributed by atoms with Gasteiger partial charge < -0.3 is 0 Å². The molecular formula is C36H25N5. The van der Waals surface area contributed by atoms with Crippen LogP contribution in [0.2, 0.25) is 0 Å². The Morgan fingerprint density at radius 1 is 0.537 bits per heavy atom. The summed E-state index contributed by atoms with van der Waals surface area (Å²) in [7, 11) is 0. The summed E-state index contributed by atoms with van der Waals surface area (Å²) >= 11 is 0. The smallest absolute Gasteiger partial charge is 0.210 e. The third-order valence-electron chi connectivity index (χ3n) is 6.44. The number of hydrogen-bond donors (Lipinski definition) is 0. The van der Waals surface area contributed by atoms with Gasteiger partial charge in [0.05, 0.1) is 41.0 Å². The number of fused-ring (bicyclic) bond motifs is 1. The molecular weight excluding hydrogens is 502 g/mol. The van der Waals surface area contributed by atoms with E-state index >= 15 is 0 Å². The minimum atomic E-state index is -0.205. The maximum absolute atomic E-state index is 8.94. The van der Waals surface area contributed by atoms with Crippen molar-refractivity contribution in [3.05, 3.63) is 147 Å². The van der Waals surface area contributed by atoms with E-state index in [-0.39, 0.29) is 33.5 Å². The summed E-state index contributed by atoms with van der Waals surface area (Å²) in [6, 6.07) is 40.8. The van der Waals surface area contributed by atoms with Crippen LogP contribution in [0.5, 0.6) is 0 Å². The maximum Gasteiger partial charge on any atom is 0.210 e. The Hall–Kier alpha value is -6.19. The Morgan fingerprint density at radius 2 is 1.05 bits per heavy atom. The van der Waals surface area contributed by atoms with Gasteiger partial charge in [-0.2, -0.15) is 21.0 Å². The normalized spacial score (nSPS) is 9.22. The summed E-state index contributed by atoms with van der Waals surface area (Å²) in [4.78, 5) is 3.15. The van der Waals surface area contributed by atoms with Crippen LogP contribution < -0.4 is 0 Å². The van der Waals surface area contributed by atoms with E-state index in [0.717, 1.165) is 0 Å². The number of nitriles is 4. The molecule has 0 aromatic heterocycles. The van der Waals surface area contributed by atoms with Crippen LogP contribution >= 0.6 is 0 Å². The zero-order valence-corrected chi connectivity index (χ0v) is 23.0. The van der Waals surface area contributed by atoms with Gasteiger partial charge in [-0.05, 0) is 53.8 Å². The summed E-state index contributed by atoms with van der Waals surface area (Å²) < 4.78 is 0. The molecule has 5 aromatic carbocycles. The van der Waals surface area contributed by atoms with Gasteiger partial charge in [-0.25, -0.2) is 4.85 Å². The van der Waals surface area contributed by atoms with E-state index in [1.165, 1.54) is 39.9 Å². The van der Waals surface area contributed by atoms with Crippen molar-refractivity contribution < 1.29 is 0 Å². The van der Waals surface area contributed by atoms with E-state index in [1.54, 1.807) is 24.3 Å². The van der Waals surface area contributed by atoms with Crippen LogP contribution in [0.3, 0.4) is 0 Å². The third-order valence-corrected chi connectivity index (χ3v) is 6.44. The van der Waals surface area contributed by atoms with Crippen LogP contribution in [0.15, 0.2) is 97.1 Å². The summed E-state index contributed by atoms with van der Waals surface area (Å²) in [6.45, 7) is 12.7. The average molecular weight is 528 g/mol. The molecule has 194 valence electrons. The molecule has 0 bridgehead atoms. The minimum Gasteiger partial charge on any atom is -0.236 e. The number of hydrogen-bond acceptors (Lipinski definition) is 4. The van der Waals surface area contributed by atoms with Gasteiger partial charge in [0, 0.05) is 0 Å². The summed E-state index contributed by atoms with van der Waals surface area (Å²) in [6.07, 6.45) is 0. The Balaban J connectivity index is 0.000000173. The van der Waals surface area contributed by atoms with Crippen molar-refractivity contribution in [2.75, 3.05) is 0 Å². The first kappa shape index (κ1) is 29.4. The van der Waals surface area contributed by atoms with Crippen LogP contribution in [0, 0.1) is 72.7 Å². The van der Waals surface area contributed by atoms with Gasteiger partial charge in [0.1, 0.15) is 12.1 Å². The lowest BCUT2D eigenvalue weighted by molar-refractivity contribution is 1.32. The summed E-state index contributed by atoms with van der Waals surface area (Å²) in [5.74, 6) is 0. The van der Waals surface area contributed by atoms with Gasteiger partial charge >= 0.3 is 0 Å². The van der Waals surface area contributed by atoms with Gasteiger partial charge in [0.25, 0.3) is 0 Å². The van der Waals surface area contributed by atoms with Crippen molar-refractivity contribution in [3.8, 4) is 35.4 Å². The molecule has 0 aliphatic heterocycles. The Bertz CT molecular complexity index is 1840. The van der Waals surface area contributed by atoms with Crippen molar-refractivity contribution in [2.24, 2.45) is 0 Å². The highest BCUT2D eigenvalue weighted by atomic mass is 14.7. The molecule has 0 radical (unpaired) electrons. The lowest BCUT2D eigenvalue weighted by atomic mass is 9.92. The van der Waals surface area contributed by atoms with E-state index in [0.29, 0.717) is 0 Å². The second-order valence-electron chi connectivity index (χ2n) is 9.06.